The molecule has 0 aliphatic rings. The van der Waals surface area contributed by atoms with Gasteiger partial charge in [0.2, 0.25) is 0 Å². The molecule has 2 atom stereocenters. The summed E-state index contributed by atoms with van der Waals surface area (Å²) in [6.07, 6.45) is 9.52. The van der Waals surface area contributed by atoms with Crippen LogP contribution in [0.25, 0.3) is 0 Å². The normalized spacial score (nSPS) is 16.4. The van der Waals surface area contributed by atoms with E-state index in [-0.39, 0.29) is 0 Å². The Balaban J connectivity index is 4.50. The second kappa shape index (κ2) is 7.28. The van der Waals surface area contributed by atoms with Crippen molar-refractivity contribution < 1.29 is 0 Å². The van der Waals surface area contributed by atoms with E-state index in [0.717, 1.165) is 6.42 Å². The van der Waals surface area contributed by atoms with Gasteiger partial charge in [0.1, 0.15) is 0 Å². The lowest BCUT2D eigenvalue weighted by Gasteiger charge is -2.10. The van der Waals surface area contributed by atoms with Crippen molar-refractivity contribution >= 4 is 0 Å². The lowest BCUT2D eigenvalue weighted by atomic mass is 9.96. The smallest absolute Gasteiger partial charge is 0.00164 e. The van der Waals surface area contributed by atoms with Crippen LogP contribution in [-0.2, 0) is 0 Å². The van der Waals surface area contributed by atoms with Gasteiger partial charge in [0.15, 0.2) is 0 Å². The minimum absolute atomic E-state index is 0.413. The Labute approximate surface area is 95.1 Å². The number of hydrogen-bond acceptors (Lipinski definition) is 0. The molecule has 0 fully saturated rings. The van der Waals surface area contributed by atoms with E-state index in [2.05, 4.69) is 59.1 Å². The van der Waals surface area contributed by atoms with Gasteiger partial charge in [0, 0.05) is 0 Å². The zero-order chi connectivity index (χ0) is 11.8. The fourth-order valence-electron chi connectivity index (χ4n) is 1.28. The van der Waals surface area contributed by atoms with Gasteiger partial charge < -0.3 is 0 Å². The van der Waals surface area contributed by atoms with Gasteiger partial charge in [-0.2, -0.15) is 0 Å². The number of allylic oxidation sites excluding steroid dienone is 6. The maximum Gasteiger partial charge on any atom is -0.00164 e. The Kier molecular flexibility index (Phi) is 6.77. The van der Waals surface area contributed by atoms with E-state index in [0.29, 0.717) is 11.8 Å². The van der Waals surface area contributed by atoms with E-state index in [1.54, 1.807) is 0 Å². The third-order valence-corrected chi connectivity index (χ3v) is 2.95. The van der Waals surface area contributed by atoms with Crippen LogP contribution in [-0.4, -0.2) is 0 Å². The minimum atomic E-state index is 0.413. The second-order valence-electron chi connectivity index (χ2n) is 4.03. The van der Waals surface area contributed by atoms with Crippen molar-refractivity contribution in [2.24, 2.45) is 11.8 Å². The lowest BCUT2D eigenvalue weighted by Crippen LogP contribution is -1.95. The summed E-state index contributed by atoms with van der Waals surface area (Å²) < 4.78 is 0. The molecule has 84 valence electrons. The van der Waals surface area contributed by atoms with Gasteiger partial charge in [-0.1, -0.05) is 57.2 Å². The van der Waals surface area contributed by atoms with Gasteiger partial charge >= 0.3 is 0 Å². The van der Waals surface area contributed by atoms with Gasteiger partial charge in [-0.15, -0.1) is 6.58 Å². The number of rotatable bonds is 6. The van der Waals surface area contributed by atoms with Crippen molar-refractivity contribution in [2.75, 3.05) is 0 Å². The van der Waals surface area contributed by atoms with Crippen LogP contribution in [0.15, 0.2) is 48.6 Å². The zero-order valence-electron chi connectivity index (χ0n) is 10.6. The van der Waals surface area contributed by atoms with E-state index < -0.39 is 0 Å². The first-order valence-electron chi connectivity index (χ1n) is 5.72. The van der Waals surface area contributed by atoms with Crippen LogP contribution < -0.4 is 0 Å². The molecule has 0 saturated heterocycles. The quantitative estimate of drug-likeness (QED) is 0.426. The molecule has 15 heavy (non-hydrogen) atoms. The Morgan fingerprint density at radius 1 is 1.27 bits per heavy atom. The molecule has 0 amide bonds. The molecule has 0 aliphatic carbocycles. The predicted octanol–water partition coefficient (Wildman–Crippen LogP) is 4.91. The van der Waals surface area contributed by atoms with Crippen molar-refractivity contribution in [3.63, 3.8) is 0 Å². The summed E-state index contributed by atoms with van der Waals surface area (Å²) in [7, 11) is 0. The molecule has 0 aromatic carbocycles. The van der Waals surface area contributed by atoms with Crippen molar-refractivity contribution in [1.29, 1.82) is 0 Å². The highest BCUT2D eigenvalue weighted by Gasteiger charge is 2.02. The van der Waals surface area contributed by atoms with Crippen LogP contribution >= 0.6 is 0 Å². The van der Waals surface area contributed by atoms with Crippen molar-refractivity contribution in [3.8, 4) is 0 Å². The molecule has 0 saturated carbocycles. The fraction of sp³-hybridized carbons (Fsp3) is 0.467. The summed E-state index contributed by atoms with van der Waals surface area (Å²) >= 11 is 0. The Morgan fingerprint density at radius 3 is 2.27 bits per heavy atom. The molecule has 0 aromatic heterocycles. The third kappa shape index (κ3) is 4.83. The summed E-state index contributed by atoms with van der Waals surface area (Å²) in [5, 5.41) is 0. The van der Waals surface area contributed by atoms with Crippen molar-refractivity contribution in [3.05, 3.63) is 48.6 Å². The topological polar surface area (TPSA) is 0 Å². The molecule has 0 N–H and O–H groups in total. The lowest BCUT2D eigenvalue weighted by molar-refractivity contribution is 0.672. The van der Waals surface area contributed by atoms with Gasteiger partial charge in [-0.05, 0) is 30.8 Å². The van der Waals surface area contributed by atoms with E-state index in [9.17, 15) is 0 Å². The molecule has 0 bridgehead atoms. The standard InChI is InChI=1S/C15H24/c1-7-12(4)14(6)10-11-15(9-3)13(5)8-2/h8-13H,2,6-7H2,1,3-5H3. The molecule has 0 radical (unpaired) electrons. The highest BCUT2D eigenvalue weighted by Crippen LogP contribution is 2.17. The summed E-state index contributed by atoms with van der Waals surface area (Å²) in [5.41, 5.74) is 2.50. The molecule has 0 aliphatic heterocycles. The molecule has 0 spiro atoms. The van der Waals surface area contributed by atoms with Gasteiger partial charge in [0.05, 0.1) is 0 Å². The molecular weight excluding hydrogens is 180 g/mol. The SMILES string of the molecule is C=CC(C)C(C=CC(=C)C(C)CC)=CC. The number of hydrogen-bond donors (Lipinski definition) is 0. The van der Waals surface area contributed by atoms with Crippen molar-refractivity contribution in [2.45, 2.75) is 34.1 Å². The fourth-order valence-corrected chi connectivity index (χ4v) is 1.28. The maximum absolute atomic E-state index is 4.08. The molecule has 2 unspecified atom stereocenters. The Bertz CT molecular complexity index is 266. The molecule has 0 nitrogen and oxygen atoms in total. The Hall–Kier alpha value is -1.04. The van der Waals surface area contributed by atoms with Crippen LogP contribution in [0.3, 0.4) is 0 Å². The van der Waals surface area contributed by atoms with E-state index >= 15 is 0 Å². The molecule has 0 heterocycles. The third-order valence-electron chi connectivity index (χ3n) is 2.95. The summed E-state index contributed by atoms with van der Waals surface area (Å²) in [5.74, 6) is 0.981. The van der Waals surface area contributed by atoms with Gasteiger partial charge in [-0.3, -0.25) is 0 Å². The molecular formula is C15H24. The largest absolute Gasteiger partial charge is 0.102 e. The highest BCUT2D eigenvalue weighted by molar-refractivity contribution is 5.30. The average Bonchev–Trinajstić information content (AvgIpc) is 2.27. The Morgan fingerprint density at radius 2 is 1.87 bits per heavy atom. The van der Waals surface area contributed by atoms with E-state index in [4.69, 9.17) is 0 Å². The van der Waals surface area contributed by atoms with E-state index in [1.807, 2.05) is 6.08 Å². The minimum Gasteiger partial charge on any atom is -0.102 e. The molecule has 0 aromatic rings. The van der Waals surface area contributed by atoms with Crippen LogP contribution in [0, 0.1) is 11.8 Å². The summed E-state index contributed by atoms with van der Waals surface area (Å²) in [4.78, 5) is 0. The van der Waals surface area contributed by atoms with E-state index in [1.165, 1.54) is 11.1 Å². The summed E-state index contributed by atoms with van der Waals surface area (Å²) in [6.45, 7) is 16.5. The van der Waals surface area contributed by atoms with Crippen molar-refractivity contribution in [1.82, 2.24) is 0 Å². The first kappa shape index (κ1) is 14.0. The zero-order valence-corrected chi connectivity index (χ0v) is 10.6. The van der Waals surface area contributed by atoms with Crippen LogP contribution in [0.1, 0.15) is 34.1 Å². The highest BCUT2D eigenvalue weighted by atomic mass is 14.1. The van der Waals surface area contributed by atoms with Gasteiger partial charge in [0.25, 0.3) is 0 Å². The van der Waals surface area contributed by atoms with Gasteiger partial charge in [-0.25, -0.2) is 0 Å². The average molecular weight is 204 g/mol. The van der Waals surface area contributed by atoms with Crippen LogP contribution in [0.5, 0.6) is 0 Å². The first-order chi connectivity index (χ1) is 7.06. The predicted molar refractivity (Wildman–Crippen MR) is 70.9 cm³/mol. The molecule has 0 heteroatoms. The van der Waals surface area contributed by atoms with Crippen LogP contribution in [0.4, 0.5) is 0 Å². The first-order valence-corrected chi connectivity index (χ1v) is 5.72. The monoisotopic (exact) mass is 204 g/mol. The van der Waals surface area contributed by atoms with Crippen LogP contribution in [0.2, 0.25) is 0 Å². The maximum atomic E-state index is 4.08. The summed E-state index contributed by atoms with van der Waals surface area (Å²) in [6, 6.07) is 0. The second-order valence-corrected chi connectivity index (χ2v) is 4.03. The molecule has 0 rings (SSSR count).